The van der Waals surface area contributed by atoms with Crippen LogP contribution in [0.2, 0.25) is 0 Å². The van der Waals surface area contributed by atoms with Crippen molar-refractivity contribution in [2.75, 3.05) is 18.1 Å². The van der Waals surface area contributed by atoms with Gasteiger partial charge in [-0.15, -0.1) is 0 Å². The first-order chi connectivity index (χ1) is 16.0. The molecular formula is C27H21F2NO3. The molecule has 1 atom stereocenters. The molecule has 1 aliphatic rings. The normalized spacial score (nSPS) is 13.8. The average Bonchev–Trinajstić information content (AvgIpc) is 3.09. The largest absolute Gasteiger partial charge is 0.389 e. The Morgan fingerprint density at radius 3 is 2.00 bits per heavy atom. The van der Waals surface area contributed by atoms with Gasteiger partial charge in [0.25, 0.3) is 5.91 Å². The molecule has 1 heterocycles. The number of hydrogen-bond acceptors (Lipinski definition) is 3. The van der Waals surface area contributed by atoms with Crippen molar-refractivity contribution in [3.05, 3.63) is 113 Å². The molecule has 1 unspecified atom stereocenters. The van der Waals surface area contributed by atoms with Crippen LogP contribution in [0.3, 0.4) is 0 Å². The van der Waals surface area contributed by atoms with Crippen molar-refractivity contribution in [3.63, 3.8) is 0 Å². The molecule has 0 bridgehead atoms. The van der Waals surface area contributed by atoms with Crippen molar-refractivity contribution in [1.82, 2.24) is 0 Å². The number of nitrogens with zero attached hydrogens (tertiary/aromatic N) is 1. The molecule has 0 aromatic heterocycles. The topological polar surface area (TPSA) is 49.8 Å². The number of amides is 1. The molecule has 0 fully saturated rings. The van der Waals surface area contributed by atoms with E-state index in [1.54, 1.807) is 35.2 Å². The highest BCUT2D eigenvalue weighted by Crippen LogP contribution is 2.37. The van der Waals surface area contributed by atoms with Gasteiger partial charge in [-0.05, 0) is 52.9 Å². The maximum atomic E-state index is 13.4. The number of hydrogen-bond donors (Lipinski definition) is 1. The fourth-order valence-electron chi connectivity index (χ4n) is 4.29. The summed E-state index contributed by atoms with van der Waals surface area (Å²) in [6.45, 7) is -0.0122. The monoisotopic (exact) mass is 445 g/mol. The standard InChI is InChI=1S/C27H21F2NO3/c28-20-11-7-18(8-12-20)26(19-9-13-21(29)14-10-19)33-16-22(31)15-30-24-6-2-4-17-3-1-5-23(25(17)24)27(30)32/h1-14,22,26,31H,15-16H2. The number of aliphatic hydroxyl groups excluding tert-OH is 1. The fourth-order valence-corrected chi connectivity index (χ4v) is 4.29. The predicted octanol–water partition coefficient (Wildman–Crippen LogP) is 5.25. The minimum atomic E-state index is -0.970. The SMILES string of the molecule is O=C1c2cccc3cccc(c23)N1CC(O)COC(c1ccc(F)cc1)c1ccc(F)cc1. The maximum absolute atomic E-state index is 13.4. The van der Waals surface area contributed by atoms with Gasteiger partial charge in [-0.1, -0.05) is 48.5 Å². The summed E-state index contributed by atoms with van der Waals surface area (Å²) < 4.78 is 32.9. The first-order valence-corrected chi connectivity index (χ1v) is 10.7. The highest BCUT2D eigenvalue weighted by atomic mass is 19.1. The summed E-state index contributed by atoms with van der Waals surface area (Å²) in [5.41, 5.74) is 2.72. The maximum Gasteiger partial charge on any atom is 0.259 e. The molecule has 1 aliphatic heterocycles. The van der Waals surface area contributed by atoms with Crippen molar-refractivity contribution in [3.8, 4) is 0 Å². The van der Waals surface area contributed by atoms with E-state index in [9.17, 15) is 18.7 Å². The zero-order chi connectivity index (χ0) is 22.9. The van der Waals surface area contributed by atoms with Gasteiger partial charge in [-0.2, -0.15) is 0 Å². The van der Waals surface area contributed by atoms with E-state index in [1.807, 2.05) is 30.3 Å². The van der Waals surface area contributed by atoms with Crippen LogP contribution in [-0.2, 0) is 4.74 Å². The van der Waals surface area contributed by atoms with Crippen molar-refractivity contribution in [1.29, 1.82) is 0 Å². The van der Waals surface area contributed by atoms with Crippen molar-refractivity contribution in [2.45, 2.75) is 12.2 Å². The smallest absolute Gasteiger partial charge is 0.259 e. The van der Waals surface area contributed by atoms with Crippen molar-refractivity contribution < 1.29 is 23.4 Å². The molecule has 0 aliphatic carbocycles. The molecule has 166 valence electrons. The predicted molar refractivity (Wildman–Crippen MR) is 122 cm³/mol. The number of carbonyl (C=O) groups is 1. The number of carbonyl (C=O) groups excluding carboxylic acids is 1. The molecular weight excluding hydrogens is 424 g/mol. The summed E-state index contributed by atoms with van der Waals surface area (Å²) in [4.78, 5) is 14.5. The number of aliphatic hydroxyl groups is 1. The summed E-state index contributed by atoms with van der Waals surface area (Å²) in [6, 6.07) is 23.0. The van der Waals surface area contributed by atoms with Crippen molar-refractivity contribution >= 4 is 22.4 Å². The molecule has 4 aromatic rings. The zero-order valence-corrected chi connectivity index (χ0v) is 17.6. The van der Waals surface area contributed by atoms with Crippen molar-refractivity contribution in [2.24, 2.45) is 0 Å². The van der Waals surface area contributed by atoms with E-state index in [2.05, 4.69) is 0 Å². The number of halogens is 2. The number of β-amino-alcohol motifs (C(OH)–C–C–N with tert-alkyl or cyclic N) is 1. The second-order valence-corrected chi connectivity index (χ2v) is 8.07. The van der Waals surface area contributed by atoms with E-state index in [0.717, 1.165) is 16.5 Å². The molecule has 4 aromatic carbocycles. The third-order valence-electron chi connectivity index (χ3n) is 5.84. The summed E-state index contributed by atoms with van der Waals surface area (Å²) >= 11 is 0. The first kappa shape index (κ1) is 21.2. The number of rotatable bonds is 7. The Balaban J connectivity index is 1.34. The van der Waals surface area contributed by atoms with Gasteiger partial charge in [-0.25, -0.2) is 8.78 Å². The van der Waals surface area contributed by atoms with Crippen LogP contribution >= 0.6 is 0 Å². The molecule has 4 nitrogen and oxygen atoms in total. The van der Waals surface area contributed by atoms with Crippen LogP contribution in [0, 0.1) is 11.6 Å². The van der Waals surface area contributed by atoms with Crippen LogP contribution in [0.1, 0.15) is 27.6 Å². The van der Waals surface area contributed by atoms with E-state index >= 15 is 0 Å². The Bertz CT molecular complexity index is 1250. The van der Waals surface area contributed by atoms with Crippen LogP contribution in [0.15, 0.2) is 84.9 Å². The van der Waals surface area contributed by atoms with Gasteiger partial charge in [0.15, 0.2) is 0 Å². The summed E-state index contributed by atoms with van der Waals surface area (Å²) in [5.74, 6) is -0.912. The van der Waals surface area contributed by atoms with Gasteiger partial charge in [0.1, 0.15) is 17.7 Å². The van der Waals surface area contributed by atoms with Gasteiger partial charge in [0, 0.05) is 10.9 Å². The zero-order valence-electron chi connectivity index (χ0n) is 17.6. The van der Waals surface area contributed by atoms with Gasteiger partial charge in [0.2, 0.25) is 0 Å². The number of ether oxygens (including phenoxy) is 1. The van der Waals surface area contributed by atoms with Crippen LogP contribution in [0.4, 0.5) is 14.5 Å². The van der Waals surface area contributed by atoms with Crippen LogP contribution < -0.4 is 4.90 Å². The second-order valence-electron chi connectivity index (χ2n) is 8.07. The lowest BCUT2D eigenvalue weighted by Crippen LogP contribution is -2.37. The Kier molecular flexibility index (Phi) is 5.62. The van der Waals surface area contributed by atoms with E-state index in [1.165, 1.54) is 24.3 Å². The summed E-state index contributed by atoms with van der Waals surface area (Å²) in [5, 5.41) is 12.6. The molecule has 0 saturated carbocycles. The molecule has 33 heavy (non-hydrogen) atoms. The van der Waals surface area contributed by atoms with Crippen LogP contribution in [-0.4, -0.2) is 30.3 Å². The molecule has 1 N–H and O–H groups in total. The van der Waals surface area contributed by atoms with Gasteiger partial charge < -0.3 is 14.7 Å². The molecule has 6 heteroatoms. The lowest BCUT2D eigenvalue weighted by Gasteiger charge is -2.24. The quantitative estimate of drug-likeness (QED) is 0.423. The van der Waals surface area contributed by atoms with E-state index in [-0.39, 0.29) is 30.7 Å². The number of anilines is 1. The summed E-state index contributed by atoms with van der Waals surface area (Å²) in [6.07, 6.45) is -1.60. The average molecular weight is 445 g/mol. The van der Waals surface area contributed by atoms with Crippen LogP contribution in [0.5, 0.6) is 0 Å². The molecule has 0 radical (unpaired) electrons. The Morgan fingerprint density at radius 2 is 1.39 bits per heavy atom. The van der Waals surface area contributed by atoms with E-state index in [4.69, 9.17) is 4.74 Å². The Hall–Kier alpha value is -3.61. The van der Waals surface area contributed by atoms with Gasteiger partial charge in [0.05, 0.1) is 24.9 Å². The van der Waals surface area contributed by atoms with Gasteiger partial charge >= 0.3 is 0 Å². The Labute approximate surface area is 189 Å². The first-order valence-electron chi connectivity index (χ1n) is 10.7. The highest BCUT2D eigenvalue weighted by molar-refractivity contribution is 6.25. The van der Waals surface area contributed by atoms with Gasteiger partial charge in [-0.3, -0.25) is 4.79 Å². The van der Waals surface area contributed by atoms with Crippen LogP contribution in [0.25, 0.3) is 10.8 Å². The highest BCUT2D eigenvalue weighted by Gasteiger charge is 2.31. The minimum absolute atomic E-state index is 0.0617. The fraction of sp³-hybridized carbons (Fsp3) is 0.148. The third kappa shape index (κ3) is 4.11. The Morgan fingerprint density at radius 1 is 0.818 bits per heavy atom. The second kappa shape index (κ2) is 8.73. The lowest BCUT2D eigenvalue weighted by molar-refractivity contribution is 0.00919. The van der Waals surface area contributed by atoms with E-state index in [0.29, 0.717) is 16.7 Å². The lowest BCUT2D eigenvalue weighted by atomic mass is 10.0. The molecule has 5 rings (SSSR count). The molecule has 0 saturated heterocycles. The molecule has 0 spiro atoms. The number of benzene rings is 4. The third-order valence-corrected chi connectivity index (χ3v) is 5.84. The van der Waals surface area contributed by atoms with E-state index < -0.39 is 12.2 Å². The minimum Gasteiger partial charge on any atom is -0.389 e. The molecule has 1 amide bonds. The summed E-state index contributed by atoms with van der Waals surface area (Å²) in [7, 11) is 0.